The zero-order valence-electron chi connectivity index (χ0n) is 10.4. The fourth-order valence-corrected chi connectivity index (χ4v) is 1.71. The Morgan fingerprint density at radius 1 is 1.47 bits per heavy atom. The molecule has 1 aromatic rings. The van der Waals surface area contributed by atoms with Gasteiger partial charge in [-0.3, -0.25) is 4.79 Å². The highest BCUT2D eigenvalue weighted by Gasteiger charge is 2.21. The zero-order chi connectivity index (χ0) is 13.0. The number of nitrogens with zero attached hydrogens (tertiary/aromatic N) is 1. The van der Waals surface area contributed by atoms with Gasteiger partial charge in [0.1, 0.15) is 11.6 Å². The number of phenols is 1. The molecule has 1 amide bonds. The number of hydrogen-bond acceptors (Lipinski definition) is 2. The van der Waals surface area contributed by atoms with Crippen molar-refractivity contribution < 1.29 is 14.3 Å². The second-order valence-corrected chi connectivity index (χ2v) is 4.01. The first-order valence-corrected chi connectivity index (χ1v) is 5.80. The molecule has 0 aromatic heterocycles. The standard InChI is InChI=1S/C13H18FNO2/c1-4-9(3)15(5-2)13(17)11-7-6-10(16)8-12(11)14/h6-9,16H,4-5H2,1-3H3. The van der Waals surface area contributed by atoms with E-state index in [4.69, 9.17) is 5.11 Å². The molecule has 0 aliphatic heterocycles. The third-order valence-electron chi connectivity index (χ3n) is 2.91. The van der Waals surface area contributed by atoms with Crippen LogP contribution in [0.4, 0.5) is 4.39 Å². The van der Waals surface area contributed by atoms with Gasteiger partial charge in [0.05, 0.1) is 5.56 Å². The Hall–Kier alpha value is -1.58. The summed E-state index contributed by atoms with van der Waals surface area (Å²) in [5.74, 6) is -1.19. The molecule has 1 aromatic carbocycles. The molecule has 0 aliphatic rings. The fraction of sp³-hybridized carbons (Fsp3) is 0.462. The molecule has 1 unspecified atom stereocenters. The molecule has 0 saturated carbocycles. The first-order chi connectivity index (χ1) is 8.01. The summed E-state index contributed by atoms with van der Waals surface area (Å²) in [6, 6.07) is 3.66. The van der Waals surface area contributed by atoms with Gasteiger partial charge in [-0.05, 0) is 32.4 Å². The van der Waals surface area contributed by atoms with Crippen LogP contribution in [0.3, 0.4) is 0 Å². The SMILES string of the molecule is CCC(C)N(CC)C(=O)c1ccc(O)cc1F. The number of phenolic OH excluding ortho intramolecular Hbond substituents is 1. The smallest absolute Gasteiger partial charge is 0.257 e. The molecule has 0 bridgehead atoms. The van der Waals surface area contributed by atoms with Crippen molar-refractivity contribution in [2.24, 2.45) is 0 Å². The highest BCUT2D eigenvalue weighted by molar-refractivity contribution is 5.94. The van der Waals surface area contributed by atoms with Crippen molar-refractivity contribution in [2.45, 2.75) is 33.2 Å². The lowest BCUT2D eigenvalue weighted by atomic mass is 10.1. The van der Waals surface area contributed by atoms with Crippen LogP contribution < -0.4 is 0 Å². The van der Waals surface area contributed by atoms with Crippen molar-refractivity contribution >= 4 is 5.91 Å². The number of hydrogen-bond donors (Lipinski definition) is 1. The predicted octanol–water partition coefficient (Wildman–Crippen LogP) is 2.79. The Labute approximate surface area is 101 Å². The Morgan fingerprint density at radius 2 is 2.12 bits per heavy atom. The average Bonchev–Trinajstić information content (AvgIpc) is 2.29. The summed E-state index contributed by atoms with van der Waals surface area (Å²) in [5.41, 5.74) is 0.00458. The third kappa shape index (κ3) is 2.96. The Balaban J connectivity index is 3.02. The molecule has 0 heterocycles. The number of halogens is 1. The minimum atomic E-state index is -0.684. The normalized spacial score (nSPS) is 12.2. The Morgan fingerprint density at radius 3 is 2.59 bits per heavy atom. The van der Waals surface area contributed by atoms with E-state index in [0.717, 1.165) is 12.5 Å². The van der Waals surface area contributed by atoms with Crippen LogP contribution in [0, 0.1) is 5.82 Å². The maximum Gasteiger partial charge on any atom is 0.257 e. The largest absolute Gasteiger partial charge is 0.508 e. The maximum atomic E-state index is 13.6. The van der Waals surface area contributed by atoms with Crippen molar-refractivity contribution in [2.75, 3.05) is 6.54 Å². The van der Waals surface area contributed by atoms with Gasteiger partial charge in [-0.15, -0.1) is 0 Å². The minimum absolute atomic E-state index is 0.00458. The molecule has 1 atom stereocenters. The van der Waals surface area contributed by atoms with Crippen LogP contribution in [0.15, 0.2) is 18.2 Å². The van der Waals surface area contributed by atoms with Gasteiger partial charge in [-0.25, -0.2) is 4.39 Å². The fourth-order valence-electron chi connectivity index (χ4n) is 1.71. The highest BCUT2D eigenvalue weighted by Crippen LogP contribution is 2.18. The number of carbonyl (C=O) groups excluding carboxylic acids is 1. The van der Waals surface area contributed by atoms with Gasteiger partial charge in [0.15, 0.2) is 0 Å². The van der Waals surface area contributed by atoms with E-state index in [1.165, 1.54) is 12.1 Å². The van der Waals surface area contributed by atoms with Crippen molar-refractivity contribution in [3.63, 3.8) is 0 Å². The highest BCUT2D eigenvalue weighted by atomic mass is 19.1. The second-order valence-electron chi connectivity index (χ2n) is 4.01. The quantitative estimate of drug-likeness (QED) is 0.877. The van der Waals surface area contributed by atoms with Crippen LogP contribution >= 0.6 is 0 Å². The molecule has 3 nitrogen and oxygen atoms in total. The number of aromatic hydroxyl groups is 1. The van der Waals surface area contributed by atoms with Gasteiger partial charge in [0.25, 0.3) is 5.91 Å². The average molecular weight is 239 g/mol. The lowest BCUT2D eigenvalue weighted by Crippen LogP contribution is -2.38. The summed E-state index contributed by atoms with van der Waals surface area (Å²) < 4.78 is 13.6. The van der Waals surface area contributed by atoms with E-state index in [0.29, 0.717) is 6.54 Å². The number of carbonyl (C=O) groups is 1. The van der Waals surface area contributed by atoms with Crippen molar-refractivity contribution in [1.82, 2.24) is 4.90 Å². The Bertz CT molecular complexity index is 406. The molecule has 1 N–H and O–H groups in total. The van der Waals surface area contributed by atoms with Crippen molar-refractivity contribution in [3.05, 3.63) is 29.6 Å². The molecule has 0 fully saturated rings. The molecular weight excluding hydrogens is 221 g/mol. The van der Waals surface area contributed by atoms with Gasteiger partial charge in [0, 0.05) is 18.7 Å². The molecule has 0 aliphatic carbocycles. The molecule has 0 saturated heterocycles. The summed E-state index contributed by atoms with van der Waals surface area (Å²) >= 11 is 0. The number of rotatable bonds is 4. The van der Waals surface area contributed by atoms with Gasteiger partial charge in [0.2, 0.25) is 0 Å². The van der Waals surface area contributed by atoms with Gasteiger partial charge < -0.3 is 10.0 Å². The first kappa shape index (κ1) is 13.5. The van der Waals surface area contributed by atoms with E-state index in [1.807, 2.05) is 20.8 Å². The van der Waals surface area contributed by atoms with Crippen LogP contribution in [-0.2, 0) is 0 Å². The van der Waals surface area contributed by atoms with Crippen LogP contribution in [-0.4, -0.2) is 28.5 Å². The minimum Gasteiger partial charge on any atom is -0.508 e. The van der Waals surface area contributed by atoms with E-state index in [2.05, 4.69) is 0 Å². The van der Waals surface area contributed by atoms with E-state index in [-0.39, 0.29) is 23.3 Å². The van der Waals surface area contributed by atoms with E-state index in [1.54, 1.807) is 4.90 Å². The summed E-state index contributed by atoms with van der Waals surface area (Å²) in [6.45, 7) is 6.31. The molecule has 0 spiro atoms. The van der Waals surface area contributed by atoms with Crippen molar-refractivity contribution in [1.29, 1.82) is 0 Å². The second kappa shape index (κ2) is 5.66. The van der Waals surface area contributed by atoms with Crippen LogP contribution in [0.2, 0.25) is 0 Å². The number of benzene rings is 1. The van der Waals surface area contributed by atoms with Gasteiger partial charge >= 0.3 is 0 Å². The van der Waals surface area contributed by atoms with E-state index in [9.17, 15) is 9.18 Å². The summed E-state index contributed by atoms with van der Waals surface area (Å²) in [5, 5.41) is 9.11. The lowest BCUT2D eigenvalue weighted by molar-refractivity contribution is 0.0695. The van der Waals surface area contributed by atoms with E-state index < -0.39 is 5.82 Å². The summed E-state index contributed by atoms with van der Waals surface area (Å²) in [6.07, 6.45) is 0.819. The van der Waals surface area contributed by atoms with E-state index >= 15 is 0 Å². The third-order valence-corrected chi connectivity index (χ3v) is 2.91. The molecule has 0 radical (unpaired) electrons. The molecular formula is C13H18FNO2. The molecule has 4 heteroatoms. The van der Waals surface area contributed by atoms with Crippen LogP contribution in [0.5, 0.6) is 5.75 Å². The summed E-state index contributed by atoms with van der Waals surface area (Å²) in [4.78, 5) is 13.7. The number of amides is 1. The monoisotopic (exact) mass is 239 g/mol. The van der Waals surface area contributed by atoms with Crippen molar-refractivity contribution in [3.8, 4) is 5.75 Å². The van der Waals surface area contributed by atoms with Gasteiger partial charge in [-0.2, -0.15) is 0 Å². The molecule has 1 rings (SSSR count). The first-order valence-electron chi connectivity index (χ1n) is 5.80. The maximum absolute atomic E-state index is 13.6. The van der Waals surface area contributed by atoms with Crippen LogP contribution in [0.1, 0.15) is 37.6 Å². The predicted molar refractivity (Wildman–Crippen MR) is 64.5 cm³/mol. The zero-order valence-corrected chi connectivity index (χ0v) is 10.4. The van der Waals surface area contributed by atoms with Crippen LogP contribution in [0.25, 0.3) is 0 Å². The van der Waals surface area contributed by atoms with Gasteiger partial charge in [-0.1, -0.05) is 6.92 Å². The topological polar surface area (TPSA) is 40.5 Å². The summed E-state index contributed by atoms with van der Waals surface area (Å²) in [7, 11) is 0. The lowest BCUT2D eigenvalue weighted by Gasteiger charge is -2.27. The molecule has 94 valence electrons. The Kier molecular flexibility index (Phi) is 4.49. The molecule has 17 heavy (non-hydrogen) atoms.